The van der Waals surface area contributed by atoms with Gasteiger partial charge < -0.3 is 5.11 Å². The van der Waals surface area contributed by atoms with Crippen molar-refractivity contribution in [1.29, 1.82) is 0 Å². The summed E-state index contributed by atoms with van der Waals surface area (Å²) < 4.78 is 1.31. The summed E-state index contributed by atoms with van der Waals surface area (Å²) in [5.74, 6) is -0.676. The maximum Gasteiger partial charge on any atom is 0.303 e. The van der Waals surface area contributed by atoms with Crippen molar-refractivity contribution in [1.82, 2.24) is 0 Å². The first-order valence-electron chi connectivity index (χ1n) is 9.35. The van der Waals surface area contributed by atoms with Crippen LogP contribution in [0.3, 0.4) is 0 Å². The Balaban J connectivity index is 1.92. The summed E-state index contributed by atoms with van der Waals surface area (Å²) in [6.45, 7) is 4.13. The van der Waals surface area contributed by atoms with Gasteiger partial charge in [0.15, 0.2) is 0 Å². The Morgan fingerprint density at radius 2 is 1.42 bits per heavy atom. The van der Waals surface area contributed by atoms with Crippen LogP contribution in [0.1, 0.15) is 83.6 Å². The van der Waals surface area contributed by atoms with Gasteiger partial charge in [0.25, 0.3) is 0 Å². The molecule has 0 radical (unpaired) electrons. The Kier molecular flexibility index (Phi) is 10.6. The summed E-state index contributed by atoms with van der Waals surface area (Å²) in [6, 6.07) is 8.86. The van der Waals surface area contributed by atoms with E-state index in [1.165, 1.54) is 60.5 Å². The quantitative estimate of drug-likeness (QED) is 0.267. The molecule has 24 heavy (non-hydrogen) atoms. The van der Waals surface area contributed by atoms with Gasteiger partial charge in [-0.25, -0.2) is 0 Å². The first-order chi connectivity index (χ1) is 11.4. The molecule has 0 fully saturated rings. The number of carbonyl (C=O) groups is 1. The molecule has 0 saturated carbocycles. The number of aliphatic carboxylic acids is 1. The Morgan fingerprint density at radius 3 is 1.96 bits per heavy atom. The Morgan fingerprint density at radius 1 is 0.917 bits per heavy atom. The van der Waals surface area contributed by atoms with Gasteiger partial charge in [0.05, 0.1) is 6.42 Å². The fourth-order valence-corrected chi connectivity index (χ4v) is 3.50. The molecule has 0 aliphatic rings. The van der Waals surface area contributed by atoms with E-state index in [1.807, 2.05) is 0 Å². The first-order valence-corrected chi connectivity index (χ1v) is 10.4. The van der Waals surface area contributed by atoms with Gasteiger partial charge in [0.2, 0.25) is 0 Å². The highest BCUT2D eigenvalue weighted by Gasteiger charge is 2.20. The fourth-order valence-electron chi connectivity index (χ4n) is 3.14. The standard InChI is InChI=1S/C21H33IO2/c1-21(2,17-20(23)24)16-10-8-6-4-3-5-7-9-11-18-12-14-19(22)15-13-18/h12-15H,3-11,16-17H2,1-2H3,(H,23,24). The number of hydrogen-bond acceptors (Lipinski definition) is 1. The van der Waals surface area contributed by atoms with Gasteiger partial charge in [-0.3, -0.25) is 4.79 Å². The van der Waals surface area contributed by atoms with Crippen LogP contribution < -0.4 is 0 Å². The Bertz CT molecular complexity index is 465. The molecule has 0 heterocycles. The molecule has 1 aromatic carbocycles. The van der Waals surface area contributed by atoms with E-state index in [0.29, 0.717) is 0 Å². The van der Waals surface area contributed by atoms with E-state index in [4.69, 9.17) is 5.11 Å². The predicted octanol–water partition coefficient (Wildman–Crippen LogP) is 6.85. The molecule has 0 unspecified atom stereocenters. The zero-order valence-electron chi connectivity index (χ0n) is 15.3. The molecule has 1 aromatic rings. The van der Waals surface area contributed by atoms with Crippen LogP contribution in [-0.4, -0.2) is 11.1 Å². The zero-order chi connectivity index (χ0) is 17.8. The molecular formula is C21H33IO2. The number of halogens is 1. The second kappa shape index (κ2) is 11.9. The van der Waals surface area contributed by atoms with Crippen molar-refractivity contribution in [2.24, 2.45) is 5.41 Å². The molecule has 0 saturated heterocycles. The van der Waals surface area contributed by atoms with E-state index in [0.717, 1.165) is 12.8 Å². The minimum atomic E-state index is -0.676. The maximum absolute atomic E-state index is 10.8. The van der Waals surface area contributed by atoms with Crippen LogP contribution >= 0.6 is 22.6 Å². The minimum absolute atomic E-state index is 0.0542. The molecule has 1 N–H and O–H groups in total. The van der Waals surface area contributed by atoms with Crippen LogP contribution in [0.2, 0.25) is 0 Å². The van der Waals surface area contributed by atoms with Crippen LogP contribution in [0.4, 0.5) is 0 Å². The van der Waals surface area contributed by atoms with E-state index in [2.05, 4.69) is 60.7 Å². The summed E-state index contributed by atoms with van der Waals surface area (Å²) in [5.41, 5.74) is 1.40. The summed E-state index contributed by atoms with van der Waals surface area (Å²) in [6.07, 6.45) is 12.8. The van der Waals surface area contributed by atoms with E-state index in [1.54, 1.807) is 0 Å². The van der Waals surface area contributed by atoms with Gasteiger partial charge in [-0.1, -0.05) is 70.9 Å². The van der Waals surface area contributed by atoms with Gasteiger partial charge in [0.1, 0.15) is 0 Å². The lowest BCUT2D eigenvalue weighted by molar-refractivity contribution is -0.139. The first kappa shape index (κ1) is 21.5. The van der Waals surface area contributed by atoms with Crippen molar-refractivity contribution in [3.63, 3.8) is 0 Å². The number of unbranched alkanes of at least 4 members (excludes halogenated alkanes) is 7. The molecular weight excluding hydrogens is 411 g/mol. The Hall–Kier alpha value is -0.580. The molecule has 136 valence electrons. The highest BCUT2D eigenvalue weighted by Crippen LogP contribution is 2.28. The molecule has 0 atom stereocenters. The predicted molar refractivity (Wildman–Crippen MR) is 110 cm³/mol. The number of rotatable bonds is 13. The van der Waals surface area contributed by atoms with Crippen LogP contribution in [-0.2, 0) is 11.2 Å². The van der Waals surface area contributed by atoms with Crippen molar-refractivity contribution >= 4 is 28.6 Å². The van der Waals surface area contributed by atoms with Crippen molar-refractivity contribution in [2.75, 3.05) is 0 Å². The van der Waals surface area contributed by atoms with E-state index in [-0.39, 0.29) is 11.8 Å². The molecule has 0 aliphatic carbocycles. The third-order valence-corrected chi connectivity index (χ3v) is 5.33. The number of aryl methyl sites for hydroxylation is 1. The smallest absolute Gasteiger partial charge is 0.303 e. The minimum Gasteiger partial charge on any atom is -0.481 e. The maximum atomic E-state index is 10.8. The second-order valence-corrected chi connectivity index (χ2v) is 8.94. The SMILES string of the molecule is CC(C)(CCCCCCCCCCc1ccc(I)cc1)CC(=O)O. The highest BCUT2D eigenvalue weighted by molar-refractivity contribution is 14.1. The third-order valence-electron chi connectivity index (χ3n) is 4.61. The summed E-state index contributed by atoms with van der Waals surface area (Å²) in [7, 11) is 0. The summed E-state index contributed by atoms with van der Waals surface area (Å²) in [5, 5.41) is 8.88. The van der Waals surface area contributed by atoms with Gasteiger partial charge in [0, 0.05) is 3.57 Å². The fraction of sp³-hybridized carbons (Fsp3) is 0.667. The van der Waals surface area contributed by atoms with E-state index < -0.39 is 5.97 Å². The third kappa shape index (κ3) is 11.1. The van der Waals surface area contributed by atoms with Gasteiger partial charge in [-0.2, -0.15) is 0 Å². The van der Waals surface area contributed by atoms with Crippen LogP contribution in [0.5, 0.6) is 0 Å². The molecule has 0 amide bonds. The van der Waals surface area contributed by atoms with Gasteiger partial charge in [-0.05, 0) is 65.0 Å². The molecule has 0 bridgehead atoms. The molecule has 3 heteroatoms. The lowest BCUT2D eigenvalue weighted by Gasteiger charge is -2.21. The molecule has 0 spiro atoms. The average molecular weight is 444 g/mol. The van der Waals surface area contributed by atoms with E-state index >= 15 is 0 Å². The topological polar surface area (TPSA) is 37.3 Å². The highest BCUT2D eigenvalue weighted by atomic mass is 127. The lowest BCUT2D eigenvalue weighted by atomic mass is 9.83. The van der Waals surface area contributed by atoms with Crippen LogP contribution in [0, 0.1) is 8.99 Å². The average Bonchev–Trinajstić information content (AvgIpc) is 2.49. The normalized spacial score (nSPS) is 11.6. The van der Waals surface area contributed by atoms with Crippen molar-refractivity contribution < 1.29 is 9.90 Å². The lowest BCUT2D eigenvalue weighted by Crippen LogP contribution is -2.16. The summed E-state index contributed by atoms with van der Waals surface area (Å²) in [4.78, 5) is 10.8. The van der Waals surface area contributed by atoms with Gasteiger partial charge in [-0.15, -0.1) is 0 Å². The van der Waals surface area contributed by atoms with E-state index in [9.17, 15) is 4.79 Å². The number of carboxylic acid groups (broad SMARTS) is 1. The van der Waals surface area contributed by atoms with Crippen molar-refractivity contribution in [2.45, 2.75) is 84.5 Å². The molecule has 2 nitrogen and oxygen atoms in total. The number of benzene rings is 1. The van der Waals surface area contributed by atoms with Crippen molar-refractivity contribution in [3.05, 3.63) is 33.4 Å². The zero-order valence-corrected chi connectivity index (χ0v) is 17.5. The van der Waals surface area contributed by atoms with Crippen LogP contribution in [0.15, 0.2) is 24.3 Å². The molecule has 0 aliphatic heterocycles. The largest absolute Gasteiger partial charge is 0.481 e. The monoisotopic (exact) mass is 444 g/mol. The second-order valence-electron chi connectivity index (χ2n) is 7.69. The Labute approximate surface area is 161 Å². The number of carboxylic acids is 1. The number of hydrogen-bond donors (Lipinski definition) is 1. The van der Waals surface area contributed by atoms with Gasteiger partial charge >= 0.3 is 5.97 Å². The molecule has 0 aromatic heterocycles. The van der Waals surface area contributed by atoms with Crippen molar-refractivity contribution in [3.8, 4) is 0 Å². The summed E-state index contributed by atoms with van der Waals surface area (Å²) >= 11 is 2.35. The molecule has 1 rings (SSSR count). The van der Waals surface area contributed by atoms with Crippen LogP contribution in [0.25, 0.3) is 0 Å².